The van der Waals surface area contributed by atoms with Crippen LogP contribution < -0.4 is 10.6 Å². The van der Waals surface area contributed by atoms with Crippen LogP contribution in [0, 0.1) is 0 Å². The number of likely N-dealkylation sites (N-methyl/N-ethyl adjacent to an activating group) is 1. The maximum absolute atomic E-state index is 12.1. The number of hydrogen-bond donors (Lipinski definition) is 1. The van der Waals surface area contributed by atoms with E-state index in [0.717, 1.165) is 19.3 Å². The maximum atomic E-state index is 12.1. The van der Waals surface area contributed by atoms with Crippen LogP contribution in [-0.4, -0.2) is 57.6 Å². The largest absolute Gasteiger partial charge is 0.756 e. The molecule has 0 spiro atoms. The fourth-order valence-electron chi connectivity index (χ4n) is 3.90. The summed E-state index contributed by atoms with van der Waals surface area (Å²) in [6.07, 6.45) is 19.1. The Hall–Kier alpha value is -0.660. The quantitative estimate of drug-likeness (QED) is 0.0854. The smallest absolute Gasteiger partial charge is 0.404 e. The topological polar surface area (TPSA) is 111 Å². The van der Waals surface area contributed by atoms with Crippen LogP contribution >= 0.6 is 7.82 Å². The molecule has 0 aromatic heterocycles. The molecule has 0 saturated heterocycles. The number of rotatable bonds is 25. The number of unbranched alkanes of at least 4 members (excludes halogenated alkanes) is 15. The third-order valence-electron chi connectivity index (χ3n) is 6.08. The second-order valence-electron chi connectivity index (χ2n) is 10.7. The van der Waals surface area contributed by atoms with Crippen LogP contribution in [0.2, 0.25) is 0 Å². The Morgan fingerprint density at radius 3 is 1.66 bits per heavy atom. The van der Waals surface area contributed by atoms with Crippen molar-refractivity contribution in [1.29, 1.82) is 0 Å². The van der Waals surface area contributed by atoms with Crippen molar-refractivity contribution < 1.29 is 32.5 Å². The summed E-state index contributed by atoms with van der Waals surface area (Å²) in [4.78, 5) is 23.1. The Kier molecular flexibility index (Phi) is 21.0. The average Bonchev–Trinajstić information content (AvgIpc) is 2.75. The van der Waals surface area contributed by atoms with Gasteiger partial charge in [-0.3, -0.25) is 4.57 Å². The van der Waals surface area contributed by atoms with Gasteiger partial charge in [-0.15, -0.1) is 0 Å². The molecule has 1 amide bonds. The molecule has 2 unspecified atom stereocenters. The van der Waals surface area contributed by atoms with Crippen LogP contribution in [-0.2, 0) is 18.3 Å². The molecule has 2 atom stereocenters. The SMILES string of the molecule is CCCCCCCCCCCCCCCCCCC(COC(N)=O)OP(=O)([O-])OCC[N+](C)(C)C. The number of phosphoric ester groups is 1. The lowest BCUT2D eigenvalue weighted by molar-refractivity contribution is -0.870. The second kappa shape index (κ2) is 21.4. The standard InChI is InChI=1S/C26H55N2O6P/c1-5-6-7-8-9-10-11-12-13-14-15-16-17-18-19-20-21-25(24-32-26(27)29)34-35(30,31)33-23-22-28(2,3)4/h25H,5-24H2,1-4H3,(H2-,27,29,30,31). The van der Waals surface area contributed by atoms with Crippen LogP contribution in [0.3, 0.4) is 0 Å². The van der Waals surface area contributed by atoms with Gasteiger partial charge in [0, 0.05) is 0 Å². The van der Waals surface area contributed by atoms with Crippen molar-refractivity contribution in [3.8, 4) is 0 Å². The first-order valence-corrected chi connectivity index (χ1v) is 15.4. The molecule has 0 aliphatic carbocycles. The van der Waals surface area contributed by atoms with E-state index in [4.69, 9.17) is 19.5 Å². The molecule has 8 nitrogen and oxygen atoms in total. The number of amides is 1. The van der Waals surface area contributed by atoms with Crippen molar-refractivity contribution >= 4 is 13.9 Å². The summed E-state index contributed by atoms with van der Waals surface area (Å²) in [5, 5.41) is 0. The van der Waals surface area contributed by atoms with E-state index >= 15 is 0 Å². The van der Waals surface area contributed by atoms with Gasteiger partial charge in [-0.05, 0) is 6.42 Å². The van der Waals surface area contributed by atoms with Gasteiger partial charge < -0.3 is 28.9 Å². The van der Waals surface area contributed by atoms with Crippen LogP contribution in [0.15, 0.2) is 0 Å². The zero-order valence-electron chi connectivity index (χ0n) is 23.1. The second-order valence-corrected chi connectivity index (χ2v) is 12.1. The van der Waals surface area contributed by atoms with Crippen molar-refractivity contribution in [2.24, 2.45) is 5.73 Å². The van der Waals surface area contributed by atoms with Crippen LogP contribution in [0.5, 0.6) is 0 Å². The average molecular weight is 523 g/mol. The molecule has 0 aliphatic rings. The molecule has 0 saturated carbocycles. The number of carbonyl (C=O) groups excluding carboxylic acids is 1. The molecule has 2 N–H and O–H groups in total. The first-order chi connectivity index (χ1) is 16.6. The lowest BCUT2D eigenvalue weighted by atomic mass is 10.0. The predicted octanol–water partition coefficient (Wildman–Crippen LogP) is 6.31. The number of carbonyl (C=O) groups is 1. The van der Waals surface area contributed by atoms with Crippen molar-refractivity contribution in [1.82, 2.24) is 0 Å². The maximum Gasteiger partial charge on any atom is 0.404 e. The monoisotopic (exact) mass is 522 g/mol. The number of nitrogens with two attached hydrogens (primary N) is 1. The fourth-order valence-corrected chi connectivity index (χ4v) is 4.80. The van der Waals surface area contributed by atoms with E-state index < -0.39 is 20.0 Å². The first-order valence-electron chi connectivity index (χ1n) is 13.9. The van der Waals surface area contributed by atoms with Gasteiger partial charge in [0.05, 0.1) is 21.1 Å². The summed E-state index contributed by atoms with van der Waals surface area (Å²) in [6.45, 7) is 2.62. The number of primary amides is 1. The molecule has 0 fully saturated rings. The van der Waals surface area contributed by atoms with E-state index in [1.54, 1.807) is 0 Å². The molecular formula is C26H55N2O6P. The molecule has 9 heteroatoms. The number of quaternary nitrogens is 1. The summed E-state index contributed by atoms with van der Waals surface area (Å²) in [7, 11) is 1.36. The minimum atomic E-state index is -4.48. The van der Waals surface area contributed by atoms with E-state index in [0.29, 0.717) is 17.4 Å². The molecule has 35 heavy (non-hydrogen) atoms. The molecule has 0 aliphatic heterocycles. The Morgan fingerprint density at radius 1 is 0.829 bits per heavy atom. The highest BCUT2D eigenvalue weighted by atomic mass is 31.2. The summed E-state index contributed by atoms with van der Waals surface area (Å²) in [6, 6.07) is 0. The lowest BCUT2D eigenvalue weighted by Crippen LogP contribution is -2.37. The predicted molar refractivity (Wildman–Crippen MR) is 141 cm³/mol. The third kappa shape index (κ3) is 26.2. The van der Waals surface area contributed by atoms with E-state index in [1.807, 2.05) is 21.1 Å². The molecule has 0 rings (SSSR count). The van der Waals surface area contributed by atoms with Gasteiger partial charge in [-0.1, -0.05) is 110 Å². The number of hydrogen-bond acceptors (Lipinski definition) is 6. The number of ether oxygens (including phenoxy) is 1. The Morgan fingerprint density at radius 2 is 1.26 bits per heavy atom. The highest BCUT2D eigenvalue weighted by Gasteiger charge is 2.20. The van der Waals surface area contributed by atoms with Gasteiger partial charge in [-0.25, -0.2) is 4.79 Å². The van der Waals surface area contributed by atoms with Crippen molar-refractivity contribution in [3.05, 3.63) is 0 Å². The summed E-state index contributed by atoms with van der Waals surface area (Å²) in [5.74, 6) is 0. The van der Waals surface area contributed by atoms with Crippen LogP contribution in [0.4, 0.5) is 4.79 Å². The third-order valence-corrected chi connectivity index (χ3v) is 7.14. The normalized spacial score (nSPS) is 14.5. The summed E-state index contributed by atoms with van der Waals surface area (Å²) in [5.41, 5.74) is 5.03. The van der Waals surface area contributed by atoms with Crippen LogP contribution in [0.1, 0.15) is 116 Å². The van der Waals surface area contributed by atoms with Crippen molar-refractivity contribution in [3.63, 3.8) is 0 Å². The minimum Gasteiger partial charge on any atom is -0.756 e. The summed E-state index contributed by atoms with van der Waals surface area (Å²) < 4.78 is 27.6. The fraction of sp³-hybridized carbons (Fsp3) is 0.962. The molecule has 0 bridgehead atoms. The molecular weight excluding hydrogens is 467 g/mol. The molecule has 0 aromatic rings. The molecule has 0 radical (unpaired) electrons. The summed E-state index contributed by atoms with van der Waals surface area (Å²) >= 11 is 0. The van der Waals surface area contributed by atoms with Crippen molar-refractivity contribution in [2.45, 2.75) is 122 Å². The Labute approximate surface area is 215 Å². The van der Waals surface area contributed by atoms with E-state index in [1.165, 1.54) is 83.5 Å². The van der Waals surface area contributed by atoms with E-state index in [2.05, 4.69) is 6.92 Å². The van der Waals surface area contributed by atoms with Gasteiger partial charge in [0.25, 0.3) is 7.82 Å². The molecule has 0 heterocycles. The Balaban J connectivity index is 3.87. The number of phosphoric acid groups is 1. The number of nitrogens with zero attached hydrogens (tertiary/aromatic N) is 1. The Bertz CT molecular complexity index is 556. The van der Waals surface area contributed by atoms with Crippen LogP contribution in [0.25, 0.3) is 0 Å². The minimum absolute atomic E-state index is 0.0344. The van der Waals surface area contributed by atoms with E-state index in [-0.39, 0.29) is 13.2 Å². The van der Waals surface area contributed by atoms with Gasteiger partial charge in [-0.2, -0.15) is 0 Å². The van der Waals surface area contributed by atoms with Gasteiger partial charge in [0.1, 0.15) is 25.9 Å². The highest BCUT2D eigenvalue weighted by molar-refractivity contribution is 7.45. The van der Waals surface area contributed by atoms with Gasteiger partial charge >= 0.3 is 6.09 Å². The van der Waals surface area contributed by atoms with E-state index in [9.17, 15) is 14.3 Å². The zero-order valence-corrected chi connectivity index (χ0v) is 24.0. The highest BCUT2D eigenvalue weighted by Crippen LogP contribution is 2.40. The van der Waals surface area contributed by atoms with Gasteiger partial charge in [0.2, 0.25) is 0 Å². The van der Waals surface area contributed by atoms with Gasteiger partial charge in [0.15, 0.2) is 0 Å². The zero-order chi connectivity index (χ0) is 26.4. The molecule has 210 valence electrons. The van der Waals surface area contributed by atoms with Crippen molar-refractivity contribution in [2.75, 3.05) is 40.9 Å². The first kappa shape index (κ1) is 34.3. The lowest BCUT2D eigenvalue weighted by Gasteiger charge is -2.30. The molecule has 0 aromatic carbocycles.